The van der Waals surface area contributed by atoms with Crippen molar-refractivity contribution in [2.75, 3.05) is 31.4 Å². The molecule has 0 bridgehead atoms. The summed E-state index contributed by atoms with van der Waals surface area (Å²) in [5.74, 6) is 0.502. The van der Waals surface area contributed by atoms with Crippen LogP contribution in [0.2, 0.25) is 0 Å². The van der Waals surface area contributed by atoms with Gasteiger partial charge in [-0.2, -0.15) is 0 Å². The molecule has 0 saturated carbocycles. The molecule has 168 valence electrons. The number of hydrogen-bond acceptors (Lipinski definition) is 7. The van der Waals surface area contributed by atoms with Crippen molar-refractivity contribution >= 4 is 38.4 Å². The molecule has 1 aromatic heterocycles. The zero-order valence-corrected chi connectivity index (χ0v) is 19.4. The first kappa shape index (κ1) is 22.3. The van der Waals surface area contributed by atoms with Crippen LogP contribution in [-0.2, 0) is 14.6 Å². The number of sulfone groups is 1. The number of fused-ring (bicyclic) bond motifs is 1. The third kappa shape index (κ3) is 4.51. The van der Waals surface area contributed by atoms with Gasteiger partial charge in [0, 0.05) is 19.2 Å². The van der Waals surface area contributed by atoms with Crippen LogP contribution in [-0.4, -0.2) is 66.2 Å². The van der Waals surface area contributed by atoms with Crippen molar-refractivity contribution in [1.29, 1.82) is 0 Å². The lowest BCUT2D eigenvalue weighted by Gasteiger charge is -2.23. The normalized spacial score (nSPS) is 17.4. The van der Waals surface area contributed by atoms with E-state index in [1.165, 1.54) is 9.47 Å². The lowest BCUT2D eigenvalue weighted by atomic mass is 10.2. The second-order valence-corrected chi connectivity index (χ2v) is 10.8. The van der Waals surface area contributed by atoms with Crippen LogP contribution >= 0.6 is 11.8 Å². The molecule has 2 aromatic carbocycles. The zero-order valence-electron chi connectivity index (χ0n) is 17.7. The Morgan fingerprint density at radius 3 is 2.75 bits per heavy atom. The number of thioether (sulfide) groups is 1. The van der Waals surface area contributed by atoms with Crippen molar-refractivity contribution in [3.8, 4) is 11.4 Å². The molecule has 1 aliphatic heterocycles. The molecule has 2 heterocycles. The van der Waals surface area contributed by atoms with E-state index in [0.717, 1.165) is 11.8 Å². The number of para-hydroxylation sites is 1. The van der Waals surface area contributed by atoms with Crippen molar-refractivity contribution in [2.45, 2.75) is 17.6 Å². The van der Waals surface area contributed by atoms with E-state index >= 15 is 0 Å². The van der Waals surface area contributed by atoms with Gasteiger partial charge in [0.2, 0.25) is 5.91 Å². The van der Waals surface area contributed by atoms with Crippen LogP contribution in [0.5, 0.6) is 5.75 Å². The van der Waals surface area contributed by atoms with Crippen LogP contribution in [0.4, 0.5) is 0 Å². The van der Waals surface area contributed by atoms with Gasteiger partial charge in [0.05, 0.1) is 41.0 Å². The molecule has 1 amide bonds. The van der Waals surface area contributed by atoms with Crippen LogP contribution < -0.4 is 10.3 Å². The number of aromatic nitrogens is 2. The smallest absolute Gasteiger partial charge is 0.266 e. The van der Waals surface area contributed by atoms with Gasteiger partial charge in [0.15, 0.2) is 15.0 Å². The Hall–Kier alpha value is -2.85. The molecular formula is C22H23N3O5S2. The van der Waals surface area contributed by atoms with Gasteiger partial charge in [-0.15, -0.1) is 0 Å². The summed E-state index contributed by atoms with van der Waals surface area (Å²) in [5.41, 5.74) is 0.883. The summed E-state index contributed by atoms with van der Waals surface area (Å²) in [7, 11) is 0.0811. The Balaban J connectivity index is 1.67. The number of methoxy groups -OCH3 is 1. The highest BCUT2D eigenvalue weighted by Gasteiger charge is 2.32. The van der Waals surface area contributed by atoms with Crippen molar-refractivity contribution in [2.24, 2.45) is 0 Å². The fourth-order valence-electron chi connectivity index (χ4n) is 3.70. The van der Waals surface area contributed by atoms with Crippen molar-refractivity contribution in [3.63, 3.8) is 0 Å². The molecule has 1 fully saturated rings. The van der Waals surface area contributed by atoms with Crippen LogP contribution in [0.15, 0.2) is 58.5 Å². The molecule has 0 spiro atoms. The van der Waals surface area contributed by atoms with Crippen molar-refractivity contribution < 1.29 is 17.9 Å². The molecule has 4 rings (SSSR count). The summed E-state index contributed by atoms with van der Waals surface area (Å²) in [5, 5.41) is 0.849. The largest absolute Gasteiger partial charge is 0.497 e. The highest BCUT2D eigenvalue weighted by molar-refractivity contribution is 7.99. The second-order valence-electron chi connectivity index (χ2n) is 7.60. The van der Waals surface area contributed by atoms with E-state index in [4.69, 9.17) is 4.74 Å². The fourth-order valence-corrected chi connectivity index (χ4v) is 6.41. The Kier molecular flexibility index (Phi) is 6.25. The summed E-state index contributed by atoms with van der Waals surface area (Å²) in [6.07, 6.45) is 0.442. The topological polar surface area (TPSA) is 98.6 Å². The molecule has 8 nitrogen and oxygen atoms in total. The lowest BCUT2D eigenvalue weighted by Crippen LogP contribution is -2.39. The number of carbonyl (C=O) groups is 1. The third-order valence-corrected chi connectivity index (χ3v) is 8.20. The highest BCUT2D eigenvalue weighted by Crippen LogP contribution is 2.25. The number of rotatable bonds is 6. The molecule has 10 heteroatoms. The molecular weight excluding hydrogens is 450 g/mol. The van der Waals surface area contributed by atoms with Gasteiger partial charge in [0.1, 0.15) is 5.75 Å². The Morgan fingerprint density at radius 1 is 1.25 bits per heavy atom. The van der Waals surface area contributed by atoms with Gasteiger partial charge < -0.3 is 9.64 Å². The molecule has 0 radical (unpaired) electrons. The SMILES string of the molecule is COc1cccc(-n2c(SCC(=O)N(C)C3CCS(=O)(=O)C3)nc3ccccc3c2=O)c1. The predicted molar refractivity (Wildman–Crippen MR) is 124 cm³/mol. The van der Waals surface area contributed by atoms with Gasteiger partial charge in [-0.1, -0.05) is 30.0 Å². The highest BCUT2D eigenvalue weighted by atomic mass is 32.2. The lowest BCUT2D eigenvalue weighted by molar-refractivity contribution is -0.128. The summed E-state index contributed by atoms with van der Waals surface area (Å²) < 4.78 is 30.3. The van der Waals surface area contributed by atoms with E-state index in [2.05, 4.69) is 4.98 Å². The zero-order chi connectivity index (χ0) is 22.9. The van der Waals surface area contributed by atoms with E-state index in [-0.39, 0.29) is 34.8 Å². The predicted octanol–water partition coefficient (Wildman–Crippen LogP) is 2.13. The molecule has 1 aliphatic rings. The van der Waals surface area contributed by atoms with E-state index in [0.29, 0.717) is 33.9 Å². The number of carbonyl (C=O) groups excluding carboxylic acids is 1. The van der Waals surface area contributed by atoms with E-state index in [9.17, 15) is 18.0 Å². The Morgan fingerprint density at radius 2 is 2.03 bits per heavy atom. The standard InChI is InChI=1S/C22H23N3O5S2/c1-24(16-10-11-32(28,29)14-16)20(26)13-31-22-23-19-9-4-3-8-18(19)21(27)25(22)15-6-5-7-17(12-15)30-2/h3-9,12,16H,10-11,13-14H2,1-2H3. The average Bonchev–Trinajstić information content (AvgIpc) is 3.16. The summed E-state index contributed by atoms with van der Waals surface area (Å²) in [6, 6.07) is 13.8. The monoisotopic (exact) mass is 473 g/mol. The third-order valence-electron chi connectivity index (χ3n) is 5.53. The number of nitrogens with zero attached hydrogens (tertiary/aromatic N) is 3. The van der Waals surface area contributed by atoms with Crippen molar-refractivity contribution in [3.05, 3.63) is 58.9 Å². The number of benzene rings is 2. The molecule has 1 unspecified atom stereocenters. The minimum absolute atomic E-state index is 0.0113. The van der Waals surface area contributed by atoms with Gasteiger partial charge >= 0.3 is 0 Å². The number of amides is 1. The first-order valence-electron chi connectivity index (χ1n) is 10.0. The summed E-state index contributed by atoms with van der Waals surface area (Å²) >= 11 is 1.15. The first-order chi connectivity index (χ1) is 15.3. The minimum Gasteiger partial charge on any atom is -0.497 e. The number of hydrogen-bond donors (Lipinski definition) is 0. The van der Waals surface area contributed by atoms with Crippen LogP contribution in [0.25, 0.3) is 16.6 Å². The van der Waals surface area contributed by atoms with Crippen molar-refractivity contribution in [1.82, 2.24) is 14.5 Å². The van der Waals surface area contributed by atoms with Gasteiger partial charge in [0.25, 0.3) is 5.56 Å². The number of ether oxygens (including phenoxy) is 1. The maximum absolute atomic E-state index is 13.3. The van der Waals surface area contributed by atoms with Crippen LogP contribution in [0.1, 0.15) is 6.42 Å². The van der Waals surface area contributed by atoms with Crippen LogP contribution in [0.3, 0.4) is 0 Å². The summed E-state index contributed by atoms with van der Waals surface area (Å²) in [6.45, 7) is 0. The van der Waals surface area contributed by atoms with E-state index in [1.807, 2.05) is 0 Å². The van der Waals surface area contributed by atoms with Gasteiger partial charge in [-0.3, -0.25) is 14.2 Å². The molecule has 0 aliphatic carbocycles. The summed E-state index contributed by atoms with van der Waals surface area (Å²) in [4.78, 5) is 32.2. The molecule has 3 aromatic rings. The van der Waals surface area contributed by atoms with E-state index in [1.54, 1.807) is 62.7 Å². The maximum Gasteiger partial charge on any atom is 0.266 e. The quantitative estimate of drug-likeness (QED) is 0.400. The minimum atomic E-state index is -3.09. The fraction of sp³-hybridized carbons (Fsp3) is 0.318. The molecule has 32 heavy (non-hydrogen) atoms. The molecule has 1 atom stereocenters. The Labute approximate surface area is 190 Å². The van der Waals surface area contributed by atoms with Crippen LogP contribution in [0, 0.1) is 0 Å². The first-order valence-corrected chi connectivity index (χ1v) is 12.8. The van der Waals surface area contributed by atoms with Gasteiger partial charge in [-0.05, 0) is 30.7 Å². The molecule has 1 saturated heterocycles. The second kappa shape index (κ2) is 8.95. The maximum atomic E-state index is 13.3. The average molecular weight is 474 g/mol. The molecule has 0 N–H and O–H groups in total. The Bertz CT molecular complexity index is 1340. The van der Waals surface area contributed by atoms with Gasteiger partial charge in [-0.25, -0.2) is 13.4 Å². The van der Waals surface area contributed by atoms with E-state index < -0.39 is 9.84 Å².